The van der Waals surface area contributed by atoms with Crippen LogP contribution < -0.4 is 10.6 Å². The van der Waals surface area contributed by atoms with Crippen molar-refractivity contribution >= 4 is 12.0 Å². The van der Waals surface area contributed by atoms with Crippen LogP contribution in [0.4, 0.5) is 4.79 Å². The molecule has 0 bridgehead atoms. The van der Waals surface area contributed by atoms with Crippen molar-refractivity contribution in [3.8, 4) is 0 Å². The molecule has 100 valence electrons. The van der Waals surface area contributed by atoms with Gasteiger partial charge < -0.3 is 15.7 Å². The van der Waals surface area contributed by atoms with Gasteiger partial charge in [-0.3, -0.25) is 4.79 Å². The minimum atomic E-state index is -0.713. The van der Waals surface area contributed by atoms with E-state index in [1.54, 1.807) is 0 Å². The summed E-state index contributed by atoms with van der Waals surface area (Å²) in [6, 6.07) is 0.220. The third kappa shape index (κ3) is 3.48. The van der Waals surface area contributed by atoms with E-state index >= 15 is 0 Å². The number of carbonyl (C=O) groups is 2. The Balaban J connectivity index is 1.67. The van der Waals surface area contributed by atoms with E-state index in [0.29, 0.717) is 12.8 Å². The van der Waals surface area contributed by atoms with E-state index < -0.39 is 5.97 Å². The zero-order valence-electron chi connectivity index (χ0n) is 10.4. The normalized spacial score (nSPS) is 28.0. The molecule has 2 aliphatic carbocycles. The van der Waals surface area contributed by atoms with Gasteiger partial charge in [0.1, 0.15) is 0 Å². The largest absolute Gasteiger partial charge is 0.481 e. The van der Waals surface area contributed by atoms with E-state index in [4.69, 9.17) is 5.11 Å². The van der Waals surface area contributed by atoms with Crippen LogP contribution in [0.25, 0.3) is 0 Å². The van der Waals surface area contributed by atoms with E-state index in [0.717, 1.165) is 25.7 Å². The molecule has 2 aliphatic rings. The van der Waals surface area contributed by atoms with E-state index in [1.165, 1.54) is 0 Å². The van der Waals surface area contributed by atoms with Crippen LogP contribution in [0.2, 0.25) is 0 Å². The first-order valence-electron chi connectivity index (χ1n) is 6.60. The van der Waals surface area contributed by atoms with Crippen molar-refractivity contribution < 1.29 is 14.7 Å². The Labute approximate surface area is 107 Å². The minimum Gasteiger partial charge on any atom is -0.481 e. The number of carboxylic acids is 1. The van der Waals surface area contributed by atoms with Crippen LogP contribution in [0, 0.1) is 5.92 Å². The minimum absolute atomic E-state index is 0.120. The average Bonchev–Trinajstić information content (AvgIpc) is 2.82. The van der Waals surface area contributed by atoms with Gasteiger partial charge in [0.25, 0.3) is 0 Å². The second-order valence-corrected chi connectivity index (χ2v) is 5.14. The van der Waals surface area contributed by atoms with Crippen LogP contribution in [-0.2, 0) is 4.79 Å². The van der Waals surface area contributed by atoms with Crippen LogP contribution >= 0.6 is 0 Å². The van der Waals surface area contributed by atoms with Crippen molar-refractivity contribution in [3.63, 3.8) is 0 Å². The van der Waals surface area contributed by atoms with Crippen molar-refractivity contribution in [3.05, 3.63) is 12.2 Å². The molecule has 0 aromatic carbocycles. The maximum absolute atomic E-state index is 11.7. The number of urea groups is 1. The first-order valence-corrected chi connectivity index (χ1v) is 6.60. The maximum Gasteiger partial charge on any atom is 0.315 e. The van der Waals surface area contributed by atoms with Crippen molar-refractivity contribution in [1.82, 2.24) is 10.6 Å². The molecule has 0 unspecified atom stereocenters. The van der Waals surface area contributed by atoms with Crippen LogP contribution in [0.5, 0.6) is 0 Å². The molecular weight excluding hydrogens is 232 g/mol. The van der Waals surface area contributed by atoms with Gasteiger partial charge in [-0.2, -0.15) is 0 Å². The first-order chi connectivity index (χ1) is 8.65. The fraction of sp³-hybridized carbons (Fsp3) is 0.692. The second-order valence-electron chi connectivity index (χ2n) is 5.14. The molecule has 5 heteroatoms. The molecule has 0 atom stereocenters. The first kappa shape index (κ1) is 12.9. The number of carboxylic acid groups (broad SMARTS) is 1. The van der Waals surface area contributed by atoms with Crippen LogP contribution in [0.15, 0.2) is 12.2 Å². The Hall–Kier alpha value is -1.52. The molecule has 0 heterocycles. The molecule has 1 saturated carbocycles. The van der Waals surface area contributed by atoms with Gasteiger partial charge in [0, 0.05) is 12.1 Å². The van der Waals surface area contributed by atoms with Gasteiger partial charge in [0.15, 0.2) is 0 Å². The molecule has 5 nitrogen and oxygen atoms in total. The average molecular weight is 252 g/mol. The molecular formula is C13H20N2O3. The quantitative estimate of drug-likeness (QED) is 0.668. The Morgan fingerprint density at radius 1 is 0.944 bits per heavy atom. The predicted molar refractivity (Wildman–Crippen MR) is 67.2 cm³/mol. The van der Waals surface area contributed by atoms with Gasteiger partial charge >= 0.3 is 12.0 Å². The van der Waals surface area contributed by atoms with Crippen molar-refractivity contribution in [1.29, 1.82) is 0 Å². The van der Waals surface area contributed by atoms with Gasteiger partial charge in [0.05, 0.1) is 5.92 Å². The van der Waals surface area contributed by atoms with Gasteiger partial charge in [-0.1, -0.05) is 12.2 Å². The summed E-state index contributed by atoms with van der Waals surface area (Å²) in [5.41, 5.74) is 0. The number of hydrogen-bond donors (Lipinski definition) is 3. The fourth-order valence-corrected chi connectivity index (χ4v) is 2.63. The van der Waals surface area contributed by atoms with Crippen molar-refractivity contribution in [2.45, 2.75) is 50.6 Å². The Morgan fingerprint density at radius 3 is 2.06 bits per heavy atom. The number of nitrogens with one attached hydrogen (secondary N) is 2. The molecule has 0 aromatic rings. The second kappa shape index (κ2) is 5.89. The lowest BCUT2D eigenvalue weighted by molar-refractivity contribution is -0.142. The van der Waals surface area contributed by atoms with E-state index in [2.05, 4.69) is 22.8 Å². The standard InChI is InChI=1S/C13H20N2O3/c16-12(17)9-5-7-11(8-6-9)15-13(18)14-10-3-1-2-4-10/h1-2,9-11H,3-8H2,(H,16,17)(H2,14,15,18). The molecule has 2 rings (SSSR count). The Kier molecular flexibility index (Phi) is 4.23. The number of aliphatic carboxylic acids is 1. The monoisotopic (exact) mass is 252 g/mol. The summed E-state index contributed by atoms with van der Waals surface area (Å²) in [6.45, 7) is 0. The summed E-state index contributed by atoms with van der Waals surface area (Å²) in [6.07, 6.45) is 8.78. The molecule has 18 heavy (non-hydrogen) atoms. The third-order valence-electron chi connectivity index (χ3n) is 3.75. The lowest BCUT2D eigenvalue weighted by atomic mass is 9.86. The Bertz CT molecular complexity index is 338. The van der Waals surface area contributed by atoms with Gasteiger partial charge in [-0.15, -0.1) is 0 Å². The number of amides is 2. The van der Waals surface area contributed by atoms with Crippen molar-refractivity contribution in [2.75, 3.05) is 0 Å². The highest BCUT2D eigenvalue weighted by Crippen LogP contribution is 2.24. The summed E-state index contributed by atoms with van der Waals surface area (Å²) < 4.78 is 0. The molecule has 3 N–H and O–H groups in total. The van der Waals surface area contributed by atoms with Gasteiger partial charge in [0.2, 0.25) is 0 Å². The predicted octanol–water partition coefficient (Wildman–Crippen LogP) is 1.65. The SMILES string of the molecule is O=C(NC1CC=CC1)NC1CCC(C(=O)O)CC1. The zero-order chi connectivity index (χ0) is 13.0. The summed E-state index contributed by atoms with van der Waals surface area (Å²) in [5, 5.41) is 14.8. The summed E-state index contributed by atoms with van der Waals surface area (Å²) in [7, 11) is 0. The van der Waals surface area contributed by atoms with E-state index in [1.807, 2.05) is 0 Å². The highest BCUT2D eigenvalue weighted by molar-refractivity contribution is 5.75. The molecule has 0 saturated heterocycles. The highest BCUT2D eigenvalue weighted by Gasteiger charge is 2.27. The molecule has 0 radical (unpaired) electrons. The van der Waals surface area contributed by atoms with Crippen molar-refractivity contribution in [2.24, 2.45) is 5.92 Å². The zero-order valence-corrected chi connectivity index (χ0v) is 10.4. The number of hydrogen-bond acceptors (Lipinski definition) is 2. The summed E-state index contributed by atoms with van der Waals surface area (Å²) >= 11 is 0. The topological polar surface area (TPSA) is 78.4 Å². The van der Waals surface area contributed by atoms with Crippen LogP contribution in [0.1, 0.15) is 38.5 Å². The lowest BCUT2D eigenvalue weighted by Gasteiger charge is -2.27. The summed E-state index contributed by atoms with van der Waals surface area (Å²) in [4.78, 5) is 22.5. The number of carbonyl (C=O) groups excluding carboxylic acids is 1. The third-order valence-corrected chi connectivity index (χ3v) is 3.75. The highest BCUT2D eigenvalue weighted by atomic mass is 16.4. The van der Waals surface area contributed by atoms with Crippen LogP contribution in [-0.4, -0.2) is 29.2 Å². The molecule has 0 aliphatic heterocycles. The van der Waals surface area contributed by atoms with Gasteiger partial charge in [-0.25, -0.2) is 4.79 Å². The Morgan fingerprint density at radius 2 is 1.50 bits per heavy atom. The van der Waals surface area contributed by atoms with E-state index in [9.17, 15) is 9.59 Å². The molecule has 2 amide bonds. The lowest BCUT2D eigenvalue weighted by Crippen LogP contribution is -2.47. The number of rotatable bonds is 3. The van der Waals surface area contributed by atoms with Crippen LogP contribution in [0.3, 0.4) is 0 Å². The molecule has 0 spiro atoms. The molecule has 0 aromatic heterocycles. The summed E-state index contributed by atoms with van der Waals surface area (Å²) in [5.74, 6) is -0.944. The van der Waals surface area contributed by atoms with E-state index in [-0.39, 0.29) is 24.0 Å². The smallest absolute Gasteiger partial charge is 0.315 e. The molecule has 1 fully saturated rings. The van der Waals surface area contributed by atoms with Gasteiger partial charge in [-0.05, 0) is 38.5 Å². The fourth-order valence-electron chi connectivity index (χ4n) is 2.63. The maximum atomic E-state index is 11.7.